The molecule has 0 bridgehead atoms. The number of nitrogens with zero attached hydrogens (tertiary/aromatic N) is 4. The highest BCUT2D eigenvalue weighted by Gasteiger charge is 2.33. The van der Waals surface area contributed by atoms with Crippen LogP contribution in [0.4, 0.5) is 4.39 Å². The number of hydrogen-bond donors (Lipinski definition) is 1. The van der Waals surface area contributed by atoms with Crippen molar-refractivity contribution < 1.29 is 9.18 Å². The Morgan fingerprint density at radius 1 is 1.07 bits per heavy atom. The number of halogens is 4. The molecule has 1 atom stereocenters. The van der Waals surface area contributed by atoms with Crippen molar-refractivity contribution in [1.82, 2.24) is 14.7 Å². The number of likely N-dealkylation sites (tertiary alicyclic amines) is 2. The molecule has 10 heteroatoms. The van der Waals surface area contributed by atoms with Gasteiger partial charge in [0.15, 0.2) is 0 Å². The number of benzene rings is 3. The second-order valence-electron chi connectivity index (χ2n) is 10.9. The zero-order valence-corrected chi connectivity index (χ0v) is 25.7. The first-order valence-electron chi connectivity index (χ1n) is 13.6. The maximum absolute atomic E-state index is 13.7. The van der Waals surface area contributed by atoms with Gasteiger partial charge in [0.1, 0.15) is 5.82 Å². The lowest BCUT2D eigenvalue weighted by Crippen LogP contribution is -2.61. The second-order valence-corrected chi connectivity index (χ2v) is 10.9. The molecule has 0 radical (unpaired) electrons. The van der Waals surface area contributed by atoms with Gasteiger partial charge in [-0.3, -0.25) is 9.69 Å². The van der Waals surface area contributed by atoms with E-state index in [1.165, 1.54) is 12.1 Å². The molecule has 41 heavy (non-hydrogen) atoms. The molecule has 2 N–H and O–H groups in total. The third-order valence-electron chi connectivity index (χ3n) is 8.23. The van der Waals surface area contributed by atoms with Gasteiger partial charge in [-0.25, -0.2) is 4.39 Å². The van der Waals surface area contributed by atoms with Crippen molar-refractivity contribution in [3.05, 3.63) is 83.2 Å². The van der Waals surface area contributed by atoms with Crippen LogP contribution in [0.25, 0.3) is 10.8 Å². The summed E-state index contributed by atoms with van der Waals surface area (Å²) in [4.78, 5) is 20.4. The molecule has 0 unspecified atom stereocenters. The fraction of sp³-hybridized carbons (Fsp3) is 0.419. The van der Waals surface area contributed by atoms with E-state index in [4.69, 9.17) is 5.73 Å². The first-order chi connectivity index (χ1) is 18.4. The van der Waals surface area contributed by atoms with E-state index in [9.17, 15) is 14.4 Å². The fourth-order valence-corrected chi connectivity index (χ4v) is 5.85. The first-order valence-corrected chi connectivity index (χ1v) is 13.6. The summed E-state index contributed by atoms with van der Waals surface area (Å²) < 4.78 is 13.7. The van der Waals surface area contributed by atoms with Crippen LogP contribution in [0.15, 0.2) is 60.7 Å². The van der Waals surface area contributed by atoms with E-state index in [2.05, 4.69) is 15.9 Å². The van der Waals surface area contributed by atoms with Gasteiger partial charge in [-0.1, -0.05) is 36.4 Å². The van der Waals surface area contributed by atoms with Gasteiger partial charge in [0.2, 0.25) is 0 Å². The highest BCUT2D eigenvalue weighted by Crippen LogP contribution is 2.27. The van der Waals surface area contributed by atoms with Crippen LogP contribution in [0.1, 0.15) is 46.7 Å². The minimum atomic E-state index is -0.261. The zero-order chi connectivity index (χ0) is 26.6. The lowest BCUT2D eigenvalue weighted by molar-refractivity contribution is 0.0188. The van der Waals surface area contributed by atoms with Crippen LogP contribution in [0, 0.1) is 17.1 Å². The van der Waals surface area contributed by atoms with E-state index in [-0.39, 0.29) is 54.9 Å². The summed E-state index contributed by atoms with van der Waals surface area (Å²) in [5, 5.41) is 11.2. The number of carbonyl (C=O) groups is 1. The number of nitrogens with two attached hydrogens (primary N) is 1. The molecule has 2 heterocycles. The molecule has 2 aliphatic rings. The van der Waals surface area contributed by atoms with Crippen molar-refractivity contribution in [3.63, 3.8) is 0 Å². The van der Waals surface area contributed by atoms with Crippen LogP contribution in [-0.2, 0) is 0 Å². The third kappa shape index (κ3) is 8.32. The van der Waals surface area contributed by atoms with Gasteiger partial charge in [0, 0.05) is 63.3 Å². The average Bonchev–Trinajstić information content (AvgIpc) is 2.91. The average molecular weight is 623 g/mol. The molecule has 222 valence electrons. The van der Waals surface area contributed by atoms with Crippen molar-refractivity contribution in [3.8, 4) is 6.07 Å². The summed E-state index contributed by atoms with van der Waals surface area (Å²) in [7, 11) is 1.81. The molecule has 2 fully saturated rings. The van der Waals surface area contributed by atoms with Crippen molar-refractivity contribution in [2.75, 3.05) is 46.3 Å². The van der Waals surface area contributed by atoms with Crippen LogP contribution >= 0.6 is 37.2 Å². The van der Waals surface area contributed by atoms with E-state index >= 15 is 0 Å². The topological polar surface area (TPSA) is 76.6 Å². The Balaban J connectivity index is 0.00000196. The SMILES string of the molecule is CN(C[C@@H](CCN1CC(N2CCC(N)CC2)C1)c1ccc(F)cc1)C(=O)c1cc(C#N)cc2ccccc12.Cl.Cl.Cl. The number of nitriles is 1. The van der Waals surface area contributed by atoms with Crippen molar-refractivity contribution >= 4 is 53.9 Å². The summed E-state index contributed by atoms with van der Waals surface area (Å²) in [5.41, 5.74) is 8.10. The minimum Gasteiger partial charge on any atom is -0.341 e. The Labute approximate surface area is 260 Å². The van der Waals surface area contributed by atoms with E-state index in [0.717, 1.165) is 68.3 Å². The number of amides is 1. The predicted octanol–water partition coefficient (Wildman–Crippen LogP) is 5.47. The van der Waals surface area contributed by atoms with Crippen molar-refractivity contribution in [2.24, 2.45) is 5.73 Å². The molecule has 0 aliphatic carbocycles. The molecule has 0 saturated carbocycles. The Morgan fingerprint density at radius 2 is 1.73 bits per heavy atom. The van der Waals surface area contributed by atoms with Gasteiger partial charge < -0.3 is 15.5 Å². The number of fused-ring (bicyclic) bond motifs is 1. The summed E-state index contributed by atoms with van der Waals surface area (Å²) in [6, 6.07) is 20.9. The van der Waals surface area contributed by atoms with Crippen LogP contribution in [-0.4, -0.2) is 79.0 Å². The number of rotatable bonds is 8. The Hall–Kier alpha value is -2.44. The van der Waals surface area contributed by atoms with Gasteiger partial charge in [-0.2, -0.15) is 5.26 Å². The van der Waals surface area contributed by atoms with E-state index in [0.29, 0.717) is 29.8 Å². The summed E-state index contributed by atoms with van der Waals surface area (Å²) in [6.45, 7) is 5.75. The van der Waals surface area contributed by atoms with Gasteiger partial charge in [-0.05, 0) is 66.4 Å². The highest BCUT2D eigenvalue weighted by atomic mass is 35.5. The number of likely N-dealkylation sites (N-methyl/N-ethyl adjacent to an activating group) is 1. The summed E-state index contributed by atoms with van der Waals surface area (Å²) in [5.74, 6) is -0.303. The van der Waals surface area contributed by atoms with Crippen molar-refractivity contribution in [1.29, 1.82) is 5.26 Å². The molecule has 2 aliphatic heterocycles. The van der Waals surface area contributed by atoms with Crippen molar-refractivity contribution in [2.45, 2.75) is 37.3 Å². The van der Waals surface area contributed by atoms with Crippen LogP contribution < -0.4 is 5.73 Å². The molecule has 5 rings (SSSR count). The zero-order valence-electron chi connectivity index (χ0n) is 23.2. The molecule has 2 saturated heterocycles. The molecule has 1 amide bonds. The Bertz CT molecular complexity index is 1320. The molecular formula is C31H39Cl3FN5O. The standard InChI is InChI=1S/C31H36FN5O.3ClH/c1-35(31(38)30-17-22(18-33)16-24-4-2-3-5-29(24)30)19-25(23-6-8-26(32)9-7-23)10-13-36-20-28(21-36)37-14-11-27(34)12-15-37;;;/h2-9,16-17,25,27-28H,10-15,19-21,34H2,1H3;3*1H/t25-;;;/m1.../s1. The van der Waals surface area contributed by atoms with E-state index < -0.39 is 0 Å². The summed E-state index contributed by atoms with van der Waals surface area (Å²) >= 11 is 0. The predicted molar refractivity (Wildman–Crippen MR) is 170 cm³/mol. The maximum Gasteiger partial charge on any atom is 0.254 e. The number of piperidine rings is 1. The van der Waals surface area contributed by atoms with Gasteiger partial charge in [0.25, 0.3) is 5.91 Å². The Morgan fingerprint density at radius 3 is 2.39 bits per heavy atom. The number of hydrogen-bond acceptors (Lipinski definition) is 5. The van der Waals surface area contributed by atoms with Crippen LogP contribution in [0.3, 0.4) is 0 Å². The lowest BCUT2D eigenvalue weighted by Gasteiger charge is -2.47. The quantitative estimate of drug-likeness (QED) is 0.361. The van der Waals surface area contributed by atoms with Crippen LogP contribution in [0.5, 0.6) is 0 Å². The largest absolute Gasteiger partial charge is 0.341 e. The second kappa shape index (κ2) is 15.7. The fourth-order valence-electron chi connectivity index (χ4n) is 5.85. The highest BCUT2D eigenvalue weighted by molar-refractivity contribution is 6.07. The molecule has 0 aromatic heterocycles. The van der Waals surface area contributed by atoms with Gasteiger partial charge >= 0.3 is 0 Å². The monoisotopic (exact) mass is 621 g/mol. The normalized spacial score (nSPS) is 16.8. The lowest BCUT2D eigenvalue weighted by atomic mass is 9.93. The molecule has 3 aromatic rings. The maximum atomic E-state index is 13.7. The smallest absolute Gasteiger partial charge is 0.254 e. The first kappa shape index (κ1) is 34.8. The van der Waals surface area contributed by atoms with E-state index in [1.54, 1.807) is 11.0 Å². The van der Waals surface area contributed by atoms with Gasteiger partial charge in [-0.15, -0.1) is 37.2 Å². The van der Waals surface area contributed by atoms with Gasteiger partial charge in [0.05, 0.1) is 11.6 Å². The minimum absolute atomic E-state index is 0. The van der Waals surface area contributed by atoms with E-state index in [1.807, 2.05) is 49.5 Å². The number of carbonyl (C=O) groups excluding carboxylic acids is 1. The summed E-state index contributed by atoms with van der Waals surface area (Å²) in [6.07, 6.45) is 3.03. The molecular weight excluding hydrogens is 584 g/mol. The molecule has 6 nitrogen and oxygen atoms in total. The van der Waals surface area contributed by atoms with Crippen LogP contribution in [0.2, 0.25) is 0 Å². The molecule has 3 aromatic carbocycles. The third-order valence-corrected chi connectivity index (χ3v) is 8.23. The molecule has 0 spiro atoms. The Kier molecular flexibility index (Phi) is 13.3.